The van der Waals surface area contributed by atoms with Crippen LogP contribution >= 0.6 is 0 Å². The van der Waals surface area contributed by atoms with Crippen molar-refractivity contribution in [3.8, 4) is 0 Å². The van der Waals surface area contributed by atoms with Crippen LogP contribution in [0.25, 0.3) is 0 Å². The van der Waals surface area contributed by atoms with Crippen molar-refractivity contribution in [2.24, 2.45) is 0 Å². The van der Waals surface area contributed by atoms with Crippen LogP contribution in [0.3, 0.4) is 0 Å². The van der Waals surface area contributed by atoms with E-state index in [-0.39, 0.29) is 6.61 Å². The molecule has 22 heteroatoms. The topological polar surface area (TPSA) is 345 Å². The highest BCUT2D eigenvalue weighted by atomic mass is 16.8. The Labute approximate surface area is 285 Å². The SMILES string of the molecule is CC(=O)N[C@H]1[C@H](O[C@H]2[C@H](O)[C@@H](NC(C)=O)CO[C@@H]2CO)O[C@H](CO)[C@@H](O[C@@H]2O[C@H](CO[C@H]3O[C@H](CO)[C@@H](O)[C@H](O)[C@@H]3O)[C@@H](O)[C@H](O)[C@@H]2O)[C@@H]1O. The van der Waals surface area contributed by atoms with Gasteiger partial charge in [-0.3, -0.25) is 9.59 Å². The van der Waals surface area contributed by atoms with Gasteiger partial charge in [-0.25, -0.2) is 0 Å². The second-order valence-electron chi connectivity index (χ2n) is 12.5. The zero-order valence-corrected chi connectivity index (χ0v) is 27.1. The number of amides is 2. The summed E-state index contributed by atoms with van der Waals surface area (Å²) in [5.74, 6) is -1.19. The minimum absolute atomic E-state index is 0.177. The van der Waals surface area contributed by atoms with Crippen molar-refractivity contribution in [1.82, 2.24) is 10.6 Å². The van der Waals surface area contributed by atoms with Crippen LogP contribution in [0.2, 0.25) is 0 Å². The first-order chi connectivity index (χ1) is 23.6. The molecule has 50 heavy (non-hydrogen) atoms. The van der Waals surface area contributed by atoms with Crippen LogP contribution in [0.4, 0.5) is 0 Å². The summed E-state index contributed by atoms with van der Waals surface area (Å²) in [4.78, 5) is 23.8. The van der Waals surface area contributed by atoms with Crippen LogP contribution in [-0.2, 0) is 42.7 Å². The second kappa shape index (κ2) is 17.8. The molecule has 2 amide bonds. The van der Waals surface area contributed by atoms with E-state index in [1.807, 2.05) is 0 Å². The lowest BCUT2D eigenvalue weighted by Gasteiger charge is -2.49. The number of hydrogen-bond acceptors (Lipinski definition) is 20. The summed E-state index contributed by atoms with van der Waals surface area (Å²) in [6.07, 6.45) is -27.9. The van der Waals surface area contributed by atoms with Gasteiger partial charge in [0.15, 0.2) is 18.9 Å². The summed E-state index contributed by atoms with van der Waals surface area (Å²) in [7, 11) is 0. The van der Waals surface area contributed by atoms with Gasteiger partial charge in [0.2, 0.25) is 11.8 Å². The minimum Gasteiger partial charge on any atom is -0.394 e. The number of aliphatic hydroxyl groups excluding tert-OH is 11. The number of carbonyl (C=O) groups excluding carboxylic acids is 2. The molecule has 0 radical (unpaired) electrons. The van der Waals surface area contributed by atoms with Gasteiger partial charge in [0.25, 0.3) is 0 Å². The third-order valence-electron chi connectivity index (χ3n) is 8.92. The third kappa shape index (κ3) is 9.05. The molecule has 0 saturated carbocycles. The Bertz CT molecular complexity index is 1110. The lowest BCUT2D eigenvalue weighted by atomic mass is 9.94. The Morgan fingerprint density at radius 2 is 1.08 bits per heavy atom. The van der Waals surface area contributed by atoms with E-state index in [1.54, 1.807) is 0 Å². The van der Waals surface area contributed by atoms with Crippen molar-refractivity contribution in [2.75, 3.05) is 33.0 Å². The first-order valence-corrected chi connectivity index (χ1v) is 15.9. The fourth-order valence-corrected chi connectivity index (χ4v) is 6.19. The average molecular weight is 733 g/mol. The highest BCUT2D eigenvalue weighted by molar-refractivity contribution is 5.73. The molecule has 0 bridgehead atoms. The molecule has 4 fully saturated rings. The Hall–Kier alpha value is -1.78. The molecule has 4 rings (SSSR count). The fraction of sp³-hybridized carbons (Fsp3) is 0.929. The van der Waals surface area contributed by atoms with Crippen molar-refractivity contribution in [3.63, 3.8) is 0 Å². The van der Waals surface area contributed by atoms with E-state index < -0.39 is 155 Å². The maximum absolute atomic E-state index is 12.2. The lowest BCUT2D eigenvalue weighted by molar-refractivity contribution is -0.362. The molecule has 4 aliphatic rings. The molecular weight excluding hydrogens is 684 g/mol. The first-order valence-electron chi connectivity index (χ1n) is 15.9. The van der Waals surface area contributed by atoms with Gasteiger partial charge in [-0.15, -0.1) is 0 Å². The molecule has 0 aromatic rings. The van der Waals surface area contributed by atoms with Crippen molar-refractivity contribution < 1.29 is 98.9 Å². The Balaban J connectivity index is 1.49. The minimum atomic E-state index is -1.97. The molecule has 19 atom stereocenters. The first kappa shape index (κ1) is 41.0. The van der Waals surface area contributed by atoms with Gasteiger partial charge in [0.05, 0.1) is 39.1 Å². The smallest absolute Gasteiger partial charge is 0.217 e. The summed E-state index contributed by atoms with van der Waals surface area (Å²) in [5.41, 5.74) is 0. The fourth-order valence-electron chi connectivity index (χ4n) is 6.19. The highest BCUT2D eigenvalue weighted by Gasteiger charge is 2.54. The van der Waals surface area contributed by atoms with E-state index in [4.69, 9.17) is 33.2 Å². The van der Waals surface area contributed by atoms with Gasteiger partial charge in [0.1, 0.15) is 91.5 Å². The monoisotopic (exact) mass is 732 g/mol. The van der Waals surface area contributed by atoms with Gasteiger partial charge in [0, 0.05) is 13.8 Å². The molecule has 0 aromatic carbocycles. The number of hydrogen-bond donors (Lipinski definition) is 13. The van der Waals surface area contributed by atoms with Gasteiger partial charge in [-0.1, -0.05) is 0 Å². The van der Waals surface area contributed by atoms with Crippen molar-refractivity contribution in [2.45, 2.75) is 130 Å². The van der Waals surface area contributed by atoms with E-state index in [9.17, 15) is 65.8 Å². The number of nitrogens with one attached hydrogen (secondary N) is 2. The number of ether oxygens (including phenoxy) is 7. The molecule has 13 N–H and O–H groups in total. The van der Waals surface area contributed by atoms with E-state index in [0.717, 1.165) is 6.92 Å². The quantitative estimate of drug-likeness (QED) is 0.0885. The zero-order valence-electron chi connectivity index (χ0n) is 27.1. The van der Waals surface area contributed by atoms with Crippen LogP contribution in [0.1, 0.15) is 13.8 Å². The molecule has 0 aliphatic carbocycles. The molecule has 4 saturated heterocycles. The predicted molar refractivity (Wildman–Crippen MR) is 156 cm³/mol. The number of aliphatic hydroxyl groups is 11. The molecule has 290 valence electrons. The van der Waals surface area contributed by atoms with Crippen molar-refractivity contribution in [1.29, 1.82) is 0 Å². The standard InChI is InChI=1S/C28H48N2O20/c1-8(34)29-10-6-44-12(4-32)24(16(10)36)49-26-15(30-9(2)35)19(39)25(13(5-33)47-26)50-28-23(43)21(41)18(38)14(48-28)7-45-27-22(42)20(40)17(37)11(3-31)46-27/h10-28,31-33,36-43H,3-7H2,1-2H3,(H,29,34)(H,30,35)/t10-,11+,12+,13+,14+,15+,16+,17+,18+,19+,20-,21-,22-,23-,24+,25+,26-,27-,28-/m0/s1. The number of rotatable bonds is 12. The van der Waals surface area contributed by atoms with Gasteiger partial charge in [-0.05, 0) is 0 Å². The predicted octanol–water partition coefficient (Wildman–Crippen LogP) is -8.78. The summed E-state index contributed by atoms with van der Waals surface area (Å²) in [5, 5.41) is 119. The van der Waals surface area contributed by atoms with Gasteiger partial charge in [-0.2, -0.15) is 0 Å². The van der Waals surface area contributed by atoms with E-state index in [1.165, 1.54) is 6.92 Å². The normalized spacial score (nSPS) is 47.0. The van der Waals surface area contributed by atoms with E-state index in [0.29, 0.717) is 0 Å². The van der Waals surface area contributed by atoms with Crippen LogP contribution in [0, 0.1) is 0 Å². The van der Waals surface area contributed by atoms with Crippen molar-refractivity contribution >= 4 is 11.8 Å². The maximum Gasteiger partial charge on any atom is 0.217 e. The van der Waals surface area contributed by atoms with Crippen LogP contribution in [0.5, 0.6) is 0 Å². The summed E-state index contributed by atoms with van der Waals surface area (Å²) in [6.45, 7) is -0.797. The molecule has 0 spiro atoms. The van der Waals surface area contributed by atoms with E-state index in [2.05, 4.69) is 10.6 Å². The Morgan fingerprint density at radius 3 is 1.66 bits per heavy atom. The second-order valence-corrected chi connectivity index (χ2v) is 12.5. The van der Waals surface area contributed by atoms with Crippen LogP contribution in [-0.4, -0.2) is 217 Å². The lowest BCUT2D eigenvalue weighted by Crippen LogP contribution is -2.69. The summed E-state index contributed by atoms with van der Waals surface area (Å²) in [6, 6.07) is -2.48. The highest BCUT2D eigenvalue weighted by Crippen LogP contribution is 2.32. The Kier molecular flexibility index (Phi) is 14.6. The third-order valence-corrected chi connectivity index (χ3v) is 8.92. The van der Waals surface area contributed by atoms with Gasteiger partial charge < -0.3 is 100.0 Å². The molecule has 4 aliphatic heterocycles. The molecule has 0 aromatic heterocycles. The summed E-state index contributed by atoms with van der Waals surface area (Å²) >= 11 is 0. The molecule has 22 nitrogen and oxygen atoms in total. The largest absolute Gasteiger partial charge is 0.394 e. The van der Waals surface area contributed by atoms with Crippen LogP contribution < -0.4 is 10.6 Å². The molecule has 4 heterocycles. The van der Waals surface area contributed by atoms with E-state index >= 15 is 0 Å². The molecular formula is C28H48N2O20. The zero-order chi connectivity index (χ0) is 37.0. The maximum atomic E-state index is 12.2. The number of carbonyl (C=O) groups is 2. The Morgan fingerprint density at radius 1 is 0.580 bits per heavy atom. The van der Waals surface area contributed by atoms with Crippen LogP contribution in [0.15, 0.2) is 0 Å². The van der Waals surface area contributed by atoms with Crippen molar-refractivity contribution in [3.05, 3.63) is 0 Å². The molecule has 0 unspecified atom stereocenters. The average Bonchev–Trinajstić information content (AvgIpc) is 3.07. The van der Waals surface area contributed by atoms with Gasteiger partial charge >= 0.3 is 0 Å². The summed E-state index contributed by atoms with van der Waals surface area (Å²) < 4.78 is 39.3.